The molecule has 0 radical (unpaired) electrons. The minimum Gasteiger partial charge on any atom is -0.383 e. The minimum absolute atomic E-state index is 0.183. The van der Waals surface area contributed by atoms with E-state index in [1.54, 1.807) is 19.5 Å². The lowest BCUT2D eigenvalue weighted by atomic mass is 10.1. The maximum Gasteiger partial charge on any atom is 0.251 e. The fraction of sp³-hybridized carbons (Fsp3) is 0.250. The molecule has 0 bridgehead atoms. The van der Waals surface area contributed by atoms with Gasteiger partial charge in [0.15, 0.2) is 0 Å². The van der Waals surface area contributed by atoms with Crippen LogP contribution in [0, 0.1) is 0 Å². The van der Waals surface area contributed by atoms with Crippen LogP contribution in [0.15, 0.2) is 59.7 Å². The van der Waals surface area contributed by atoms with Crippen molar-refractivity contribution in [2.24, 2.45) is 0 Å². The lowest BCUT2D eigenvalue weighted by Crippen LogP contribution is -2.22. The van der Waals surface area contributed by atoms with Crippen LogP contribution >= 0.6 is 0 Å². The van der Waals surface area contributed by atoms with Gasteiger partial charge in [0.05, 0.1) is 12.3 Å². The summed E-state index contributed by atoms with van der Waals surface area (Å²) in [5, 5.41) is 0. The molecular formula is C20H22N4O2. The van der Waals surface area contributed by atoms with E-state index < -0.39 is 0 Å². The lowest BCUT2D eigenvalue weighted by Gasteiger charge is -2.16. The van der Waals surface area contributed by atoms with E-state index in [4.69, 9.17) is 4.74 Å². The van der Waals surface area contributed by atoms with E-state index in [2.05, 4.69) is 39.0 Å². The Hall–Kier alpha value is -2.83. The molecule has 6 nitrogen and oxygen atoms in total. The van der Waals surface area contributed by atoms with Gasteiger partial charge < -0.3 is 9.72 Å². The molecule has 3 aromatic rings. The van der Waals surface area contributed by atoms with Crippen LogP contribution in [0.25, 0.3) is 22.6 Å². The van der Waals surface area contributed by atoms with Crippen molar-refractivity contribution in [2.75, 3.05) is 27.3 Å². The number of ether oxygens (including phenoxy) is 1. The third-order valence-electron chi connectivity index (χ3n) is 4.06. The molecular weight excluding hydrogens is 328 g/mol. The van der Waals surface area contributed by atoms with Gasteiger partial charge in [-0.15, -0.1) is 0 Å². The number of hydrogen-bond acceptors (Lipinski definition) is 5. The van der Waals surface area contributed by atoms with E-state index in [-0.39, 0.29) is 5.56 Å². The van der Waals surface area contributed by atoms with Crippen molar-refractivity contribution in [2.45, 2.75) is 6.54 Å². The van der Waals surface area contributed by atoms with Crippen molar-refractivity contribution in [1.29, 1.82) is 0 Å². The molecule has 0 spiro atoms. The summed E-state index contributed by atoms with van der Waals surface area (Å²) >= 11 is 0. The Morgan fingerprint density at radius 3 is 2.65 bits per heavy atom. The average Bonchev–Trinajstić information content (AvgIpc) is 2.67. The van der Waals surface area contributed by atoms with E-state index in [1.807, 2.05) is 24.3 Å². The van der Waals surface area contributed by atoms with Crippen LogP contribution in [-0.2, 0) is 11.3 Å². The molecule has 0 aliphatic rings. The monoisotopic (exact) mass is 350 g/mol. The van der Waals surface area contributed by atoms with Crippen molar-refractivity contribution < 1.29 is 4.74 Å². The molecule has 0 amide bonds. The first-order valence-corrected chi connectivity index (χ1v) is 8.44. The van der Waals surface area contributed by atoms with Gasteiger partial charge in [-0.3, -0.25) is 14.7 Å². The van der Waals surface area contributed by atoms with Crippen LogP contribution < -0.4 is 5.56 Å². The minimum atomic E-state index is -0.183. The van der Waals surface area contributed by atoms with Gasteiger partial charge in [-0.2, -0.15) is 0 Å². The molecule has 2 heterocycles. The van der Waals surface area contributed by atoms with E-state index in [1.165, 1.54) is 11.6 Å². The molecule has 0 fully saturated rings. The van der Waals surface area contributed by atoms with Gasteiger partial charge >= 0.3 is 0 Å². The number of likely N-dealkylation sites (N-methyl/N-ethyl adjacent to an activating group) is 1. The van der Waals surface area contributed by atoms with Gasteiger partial charge in [0.25, 0.3) is 5.56 Å². The Bertz CT molecular complexity index is 892. The first-order chi connectivity index (χ1) is 12.7. The first kappa shape index (κ1) is 18.0. The summed E-state index contributed by atoms with van der Waals surface area (Å²) in [6.45, 7) is 2.42. The molecule has 6 heteroatoms. The molecule has 1 aromatic carbocycles. The Morgan fingerprint density at radius 2 is 1.96 bits per heavy atom. The maximum atomic E-state index is 12.0. The summed E-state index contributed by atoms with van der Waals surface area (Å²) in [5.41, 5.74) is 3.31. The molecule has 0 saturated carbocycles. The highest BCUT2D eigenvalue weighted by molar-refractivity contribution is 5.62. The predicted octanol–water partition coefficient (Wildman–Crippen LogP) is 2.58. The third kappa shape index (κ3) is 4.62. The van der Waals surface area contributed by atoms with Gasteiger partial charge in [-0.25, -0.2) is 4.98 Å². The zero-order valence-electron chi connectivity index (χ0n) is 15.0. The Labute approximate surface area is 152 Å². The number of nitrogens with zero attached hydrogens (tertiary/aromatic N) is 3. The smallest absolute Gasteiger partial charge is 0.251 e. The summed E-state index contributed by atoms with van der Waals surface area (Å²) in [4.78, 5) is 25.7. The molecule has 1 N–H and O–H groups in total. The lowest BCUT2D eigenvalue weighted by molar-refractivity contribution is 0.158. The molecule has 0 aliphatic carbocycles. The highest BCUT2D eigenvalue weighted by atomic mass is 16.5. The zero-order chi connectivity index (χ0) is 18.4. The van der Waals surface area contributed by atoms with Crippen molar-refractivity contribution in [3.05, 3.63) is 70.8 Å². The van der Waals surface area contributed by atoms with Crippen molar-refractivity contribution in [1.82, 2.24) is 19.9 Å². The topological polar surface area (TPSA) is 71.1 Å². The summed E-state index contributed by atoms with van der Waals surface area (Å²) in [5.74, 6) is 0.552. The summed E-state index contributed by atoms with van der Waals surface area (Å²) < 4.78 is 5.10. The van der Waals surface area contributed by atoms with Crippen LogP contribution in [0.4, 0.5) is 0 Å². The molecule has 0 unspecified atom stereocenters. The van der Waals surface area contributed by atoms with E-state index in [9.17, 15) is 4.79 Å². The Balaban J connectivity index is 1.81. The second-order valence-electron chi connectivity index (χ2n) is 6.15. The third-order valence-corrected chi connectivity index (χ3v) is 4.06. The quantitative estimate of drug-likeness (QED) is 0.709. The van der Waals surface area contributed by atoms with Crippen LogP contribution in [0.3, 0.4) is 0 Å². The van der Waals surface area contributed by atoms with Crippen LogP contribution in [0.2, 0.25) is 0 Å². The number of benzene rings is 1. The highest BCUT2D eigenvalue weighted by Crippen LogP contribution is 2.19. The fourth-order valence-corrected chi connectivity index (χ4v) is 2.66. The standard InChI is InChI=1S/C20H22N4O2/c1-24(10-11-26-2)14-15-5-7-16(8-6-15)20-22-18(12-19(25)23-20)17-4-3-9-21-13-17/h3-9,12-13H,10-11,14H2,1-2H3,(H,22,23,25). The maximum absolute atomic E-state index is 12.0. The average molecular weight is 350 g/mol. The largest absolute Gasteiger partial charge is 0.383 e. The molecule has 2 aromatic heterocycles. The second-order valence-corrected chi connectivity index (χ2v) is 6.15. The molecule has 0 aliphatic heterocycles. The van der Waals surface area contributed by atoms with Gasteiger partial charge in [-0.1, -0.05) is 24.3 Å². The second kappa shape index (κ2) is 8.51. The molecule has 0 atom stereocenters. The van der Waals surface area contributed by atoms with Gasteiger partial charge in [0, 0.05) is 49.8 Å². The van der Waals surface area contributed by atoms with Gasteiger partial charge in [0.2, 0.25) is 0 Å². The summed E-state index contributed by atoms with van der Waals surface area (Å²) in [6, 6.07) is 13.3. The number of nitrogens with one attached hydrogen (secondary N) is 1. The number of aromatic amines is 1. The van der Waals surface area contributed by atoms with E-state index in [0.717, 1.165) is 24.2 Å². The van der Waals surface area contributed by atoms with Crippen LogP contribution in [0.5, 0.6) is 0 Å². The summed E-state index contributed by atoms with van der Waals surface area (Å²) in [7, 11) is 3.76. The number of pyridine rings is 1. The van der Waals surface area contributed by atoms with E-state index >= 15 is 0 Å². The number of H-pyrrole nitrogens is 1. The number of hydrogen-bond donors (Lipinski definition) is 1. The normalized spacial score (nSPS) is 11.0. The van der Waals surface area contributed by atoms with Gasteiger partial charge in [0.1, 0.15) is 5.82 Å². The number of methoxy groups -OCH3 is 1. The molecule has 3 rings (SSSR count). The SMILES string of the molecule is COCCN(C)Cc1ccc(-c2nc(-c3cccnc3)cc(=O)[nH]2)cc1. The molecule has 0 saturated heterocycles. The van der Waals surface area contributed by atoms with Crippen molar-refractivity contribution >= 4 is 0 Å². The zero-order valence-corrected chi connectivity index (χ0v) is 15.0. The molecule has 134 valence electrons. The van der Waals surface area contributed by atoms with Gasteiger partial charge in [-0.05, 0) is 24.7 Å². The van der Waals surface area contributed by atoms with Crippen LogP contribution in [-0.4, -0.2) is 47.2 Å². The predicted molar refractivity (Wildman–Crippen MR) is 102 cm³/mol. The Morgan fingerprint density at radius 1 is 1.15 bits per heavy atom. The number of rotatable bonds is 7. The summed E-state index contributed by atoms with van der Waals surface area (Å²) in [6.07, 6.45) is 3.39. The van der Waals surface area contributed by atoms with E-state index in [0.29, 0.717) is 18.1 Å². The fourth-order valence-electron chi connectivity index (χ4n) is 2.66. The first-order valence-electron chi connectivity index (χ1n) is 8.44. The highest BCUT2D eigenvalue weighted by Gasteiger charge is 2.07. The van der Waals surface area contributed by atoms with Crippen LogP contribution in [0.1, 0.15) is 5.56 Å². The van der Waals surface area contributed by atoms with Crippen molar-refractivity contribution in [3.63, 3.8) is 0 Å². The number of aromatic nitrogens is 3. The Kier molecular flexibility index (Phi) is 5.88. The molecule has 26 heavy (non-hydrogen) atoms. The van der Waals surface area contributed by atoms with Crippen molar-refractivity contribution in [3.8, 4) is 22.6 Å².